The van der Waals surface area contributed by atoms with Crippen molar-refractivity contribution < 1.29 is 0 Å². The van der Waals surface area contributed by atoms with Crippen molar-refractivity contribution in [3.05, 3.63) is 28.8 Å². The van der Waals surface area contributed by atoms with Crippen molar-refractivity contribution in [2.24, 2.45) is 11.8 Å². The average Bonchev–Trinajstić information content (AvgIpc) is 2.35. The molecule has 2 nitrogen and oxygen atoms in total. The highest BCUT2D eigenvalue weighted by Gasteiger charge is 2.10. The van der Waals surface area contributed by atoms with Gasteiger partial charge in [-0.25, -0.2) is 0 Å². The van der Waals surface area contributed by atoms with Gasteiger partial charge in [0.15, 0.2) is 0 Å². The quantitative estimate of drug-likeness (QED) is 0.697. The molecule has 0 aromatic heterocycles. The van der Waals surface area contributed by atoms with Gasteiger partial charge < -0.3 is 5.73 Å². The van der Waals surface area contributed by atoms with E-state index in [-0.39, 0.29) is 0 Å². The van der Waals surface area contributed by atoms with Crippen molar-refractivity contribution in [2.45, 2.75) is 47.1 Å². The second kappa shape index (κ2) is 8.53. The van der Waals surface area contributed by atoms with Crippen LogP contribution in [-0.4, -0.2) is 18.0 Å². The van der Waals surface area contributed by atoms with Crippen LogP contribution >= 0.6 is 11.6 Å². The Bertz CT molecular complexity index is 390. The van der Waals surface area contributed by atoms with E-state index in [0.29, 0.717) is 0 Å². The minimum atomic E-state index is 0.731. The number of anilines is 1. The number of nitrogens with zero attached hydrogens (tertiary/aromatic N) is 1. The molecule has 0 heterocycles. The van der Waals surface area contributed by atoms with Gasteiger partial charge in [-0.05, 0) is 55.5 Å². The number of hydrogen-bond donors (Lipinski definition) is 1. The highest BCUT2D eigenvalue weighted by atomic mass is 35.5. The molecule has 0 saturated heterocycles. The summed E-state index contributed by atoms with van der Waals surface area (Å²) in [5, 5.41) is 0.782. The summed E-state index contributed by atoms with van der Waals surface area (Å²) in [5.74, 6) is 1.47. The summed E-state index contributed by atoms with van der Waals surface area (Å²) in [5.41, 5.74) is 7.66. The van der Waals surface area contributed by atoms with E-state index in [4.69, 9.17) is 17.3 Å². The molecule has 0 saturated carbocycles. The van der Waals surface area contributed by atoms with E-state index in [2.05, 4.69) is 38.7 Å². The van der Waals surface area contributed by atoms with Gasteiger partial charge in [0, 0.05) is 17.3 Å². The van der Waals surface area contributed by atoms with Gasteiger partial charge in [0.05, 0.1) is 0 Å². The van der Waals surface area contributed by atoms with Crippen LogP contribution in [-0.2, 0) is 6.54 Å². The third-order valence-electron chi connectivity index (χ3n) is 3.52. The van der Waals surface area contributed by atoms with Gasteiger partial charge in [-0.1, -0.05) is 45.4 Å². The highest BCUT2D eigenvalue weighted by molar-refractivity contribution is 6.31. The fourth-order valence-corrected chi connectivity index (χ4v) is 2.33. The molecule has 0 aliphatic heterocycles. The molecular weight excluding hydrogens is 268 g/mol. The Morgan fingerprint density at radius 3 is 2.05 bits per heavy atom. The predicted molar refractivity (Wildman–Crippen MR) is 90.1 cm³/mol. The van der Waals surface area contributed by atoms with Crippen LogP contribution in [0.5, 0.6) is 0 Å². The zero-order chi connectivity index (χ0) is 15.1. The van der Waals surface area contributed by atoms with Crippen molar-refractivity contribution in [1.29, 1.82) is 0 Å². The fraction of sp³-hybridized carbons (Fsp3) is 0.647. The van der Waals surface area contributed by atoms with Crippen molar-refractivity contribution in [3.8, 4) is 0 Å². The first kappa shape index (κ1) is 17.3. The zero-order valence-corrected chi connectivity index (χ0v) is 14.1. The molecule has 0 radical (unpaired) electrons. The summed E-state index contributed by atoms with van der Waals surface area (Å²) in [6.45, 7) is 12.3. The molecule has 3 heteroatoms. The normalized spacial score (nSPS) is 11.8. The summed E-state index contributed by atoms with van der Waals surface area (Å²) >= 11 is 6.29. The summed E-state index contributed by atoms with van der Waals surface area (Å²) < 4.78 is 0. The van der Waals surface area contributed by atoms with Crippen molar-refractivity contribution in [2.75, 3.05) is 18.8 Å². The van der Waals surface area contributed by atoms with E-state index >= 15 is 0 Å². The Balaban J connectivity index is 2.66. The number of hydrogen-bond acceptors (Lipinski definition) is 2. The molecule has 1 aromatic carbocycles. The highest BCUT2D eigenvalue weighted by Crippen LogP contribution is 2.21. The number of benzene rings is 1. The van der Waals surface area contributed by atoms with Gasteiger partial charge in [-0.3, -0.25) is 4.90 Å². The minimum absolute atomic E-state index is 0.731. The van der Waals surface area contributed by atoms with Gasteiger partial charge in [0.1, 0.15) is 0 Å². The maximum atomic E-state index is 6.29. The molecule has 0 spiro atoms. The fourth-order valence-electron chi connectivity index (χ4n) is 2.08. The van der Waals surface area contributed by atoms with Crippen LogP contribution in [0.3, 0.4) is 0 Å². The second-order valence-corrected chi connectivity index (χ2v) is 6.90. The topological polar surface area (TPSA) is 29.3 Å². The van der Waals surface area contributed by atoms with Gasteiger partial charge in [-0.15, -0.1) is 0 Å². The molecule has 20 heavy (non-hydrogen) atoms. The van der Waals surface area contributed by atoms with Crippen molar-refractivity contribution in [3.63, 3.8) is 0 Å². The van der Waals surface area contributed by atoms with Crippen molar-refractivity contribution in [1.82, 2.24) is 4.90 Å². The molecular formula is C17H29ClN2. The monoisotopic (exact) mass is 296 g/mol. The summed E-state index contributed by atoms with van der Waals surface area (Å²) in [4.78, 5) is 2.51. The van der Waals surface area contributed by atoms with E-state index < -0.39 is 0 Å². The van der Waals surface area contributed by atoms with Crippen LogP contribution in [0.1, 0.15) is 46.1 Å². The lowest BCUT2D eigenvalue weighted by Crippen LogP contribution is -2.27. The Labute approximate surface area is 129 Å². The molecule has 0 unspecified atom stereocenters. The average molecular weight is 297 g/mol. The Hall–Kier alpha value is -0.730. The first-order valence-electron chi connectivity index (χ1n) is 7.64. The van der Waals surface area contributed by atoms with Crippen LogP contribution in [0.15, 0.2) is 18.2 Å². The Morgan fingerprint density at radius 1 is 1.05 bits per heavy atom. The third-order valence-corrected chi connectivity index (χ3v) is 3.87. The molecule has 0 aliphatic rings. The first-order valence-corrected chi connectivity index (χ1v) is 8.02. The zero-order valence-electron chi connectivity index (χ0n) is 13.3. The molecule has 2 N–H and O–H groups in total. The number of nitrogens with two attached hydrogens (primary N) is 1. The Kier molecular flexibility index (Phi) is 7.39. The molecule has 0 amide bonds. The van der Waals surface area contributed by atoms with Gasteiger partial charge in [-0.2, -0.15) is 0 Å². The van der Waals surface area contributed by atoms with E-state index in [0.717, 1.165) is 42.2 Å². The Morgan fingerprint density at radius 2 is 1.60 bits per heavy atom. The standard InChI is InChI=1S/C17H29ClN2/c1-13(2)7-9-20(10-8-14(3)4)12-15-5-6-16(19)11-17(15)18/h5-6,11,13-14H,7-10,12,19H2,1-4H3. The predicted octanol–water partition coefficient (Wildman–Crippen LogP) is 4.82. The first-order chi connectivity index (χ1) is 9.38. The lowest BCUT2D eigenvalue weighted by atomic mass is 10.1. The van der Waals surface area contributed by atoms with Crippen LogP contribution in [0.25, 0.3) is 0 Å². The van der Waals surface area contributed by atoms with E-state index in [1.807, 2.05) is 12.1 Å². The van der Waals surface area contributed by atoms with E-state index in [9.17, 15) is 0 Å². The molecule has 1 aromatic rings. The molecule has 0 aliphatic carbocycles. The molecule has 0 bridgehead atoms. The maximum Gasteiger partial charge on any atom is 0.0471 e. The third kappa shape index (κ3) is 6.62. The van der Waals surface area contributed by atoms with Crippen LogP contribution in [0.2, 0.25) is 5.02 Å². The summed E-state index contributed by atoms with van der Waals surface area (Å²) in [6, 6.07) is 5.83. The van der Waals surface area contributed by atoms with Gasteiger partial charge in [0.25, 0.3) is 0 Å². The van der Waals surface area contributed by atoms with E-state index in [1.165, 1.54) is 18.4 Å². The lowest BCUT2D eigenvalue weighted by molar-refractivity contribution is 0.236. The molecule has 0 fully saturated rings. The van der Waals surface area contributed by atoms with Gasteiger partial charge >= 0.3 is 0 Å². The second-order valence-electron chi connectivity index (χ2n) is 6.49. The minimum Gasteiger partial charge on any atom is -0.399 e. The van der Waals surface area contributed by atoms with Gasteiger partial charge in [0.2, 0.25) is 0 Å². The van der Waals surface area contributed by atoms with Crippen molar-refractivity contribution >= 4 is 17.3 Å². The smallest absolute Gasteiger partial charge is 0.0471 e. The number of halogens is 1. The summed E-state index contributed by atoms with van der Waals surface area (Å²) in [6.07, 6.45) is 2.45. The summed E-state index contributed by atoms with van der Waals surface area (Å²) in [7, 11) is 0. The van der Waals surface area contributed by atoms with Crippen LogP contribution < -0.4 is 5.73 Å². The maximum absolute atomic E-state index is 6.29. The van der Waals surface area contributed by atoms with E-state index in [1.54, 1.807) is 0 Å². The number of rotatable bonds is 8. The molecule has 114 valence electrons. The molecule has 0 atom stereocenters. The molecule has 1 rings (SSSR count). The number of nitrogen functional groups attached to an aromatic ring is 1. The van der Waals surface area contributed by atoms with Crippen LogP contribution in [0, 0.1) is 11.8 Å². The largest absolute Gasteiger partial charge is 0.399 e. The van der Waals surface area contributed by atoms with Crippen LogP contribution in [0.4, 0.5) is 5.69 Å². The SMILES string of the molecule is CC(C)CCN(CCC(C)C)Cc1ccc(N)cc1Cl. The lowest BCUT2D eigenvalue weighted by Gasteiger charge is -2.24.